The minimum Gasteiger partial charge on any atom is -0.406 e. The Morgan fingerprint density at radius 1 is 1.28 bits per heavy atom. The van der Waals surface area contributed by atoms with Crippen molar-refractivity contribution in [3.63, 3.8) is 0 Å². The van der Waals surface area contributed by atoms with Gasteiger partial charge < -0.3 is 4.74 Å². The molecule has 1 saturated heterocycles. The summed E-state index contributed by atoms with van der Waals surface area (Å²) in [6.45, 7) is 0.959. The van der Waals surface area contributed by atoms with Crippen LogP contribution in [0.1, 0.15) is 16.8 Å². The predicted octanol–water partition coefficient (Wildman–Crippen LogP) is 2.36. The van der Waals surface area contributed by atoms with E-state index in [0.29, 0.717) is 13.2 Å². The minimum absolute atomic E-state index is 0.256. The summed E-state index contributed by atoms with van der Waals surface area (Å²) in [5.41, 5.74) is 0.256. The van der Waals surface area contributed by atoms with E-state index in [1.54, 1.807) is 0 Å². The molecule has 0 aromatic heterocycles. The van der Waals surface area contributed by atoms with Gasteiger partial charge in [-0.25, -0.2) is 5.06 Å². The van der Waals surface area contributed by atoms with Gasteiger partial charge in [0, 0.05) is 5.56 Å². The second kappa shape index (κ2) is 4.85. The molecule has 0 atom stereocenters. The lowest BCUT2D eigenvalue weighted by Crippen LogP contribution is -2.26. The number of carbonyl (C=O) groups excluding carboxylic acids is 1. The molecule has 0 spiro atoms. The molecule has 0 saturated carbocycles. The zero-order valence-electron chi connectivity index (χ0n) is 9.24. The summed E-state index contributed by atoms with van der Waals surface area (Å²) >= 11 is 0. The van der Waals surface area contributed by atoms with Crippen molar-refractivity contribution in [3.05, 3.63) is 29.8 Å². The van der Waals surface area contributed by atoms with Gasteiger partial charge in [0.15, 0.2) is 0 Å². The minimum atomic E-state index is -4.73. The largest absolute Gasteiger partial charge is 0.573 e. The number of hydrogen-bond acceptors (Lipinski definition) is 3. The van der Waals surface area contributed by atoms with E-state index in [-0.39, 0.29) is 17.2 Å². The summed E-state index contributed by atoms with van der Waals surface area (Å²) < 4.78 is 39.5. The maximum atomic E-state index is 11.9. The smallest absolute Gasteiger partial charge is 0.406 e. The quantitative estimate of drug-likeness (QED) is 0.820. The second-order valence-electron chi connectivity index (χ2n) is 3.67. The molecule has 1 aliphatic heterocycles. The van der Waals surface area contributed by atoms with E-state index in [1.165, 1.54) is 17.2 Å². The van der Waals surface area contributed by atoms with Crippen LogP contribution in [0.15, 0.2) is 24.3 Å². The van der Waals surface area contributed by atoms with Gasteiger partial charge in [-0.2, -0.15) is 0 Å². The molecule has 98 valence electrons. The molecule has 4 nitrogen and oxygen atoms in total. The van der Waals surface area contributed by atoms with E-state index in [1.807, 2.05) is 0 Å². The molecule has 1 amide bonds. The number of ether oxygens (including phenoxy) is 1. The maximum absolute atomic E-state index is 11.9. The first-order chi connectivity index (χ1) is 8.46. The third-order valence-corrected chi connectivity index (χ3v) is 2.31. The summed E-state index contributed by atoms with van der Waals surface area (Å²) in [6.07, 6.45) is -3.98. The highest BCUT2D eigenvalue weighted by Gasteiger charge is 2.31. The third-order valence-electron chi connectivity index (χ3n) is 2.31. The van der Waals surface area contributed by atoms with Crippen LogP contribution < -0.4 is 4.74 Å². The molecular weight excluding hydrogens is 251 g/mol. The first kappa shape index (κ1) is 12.7. The van der Waals surface area contributed by atoms with Crippen LogP contribution in [-0.2, 0) is 4.84 Å². The van der Waals surface area contributed by atoms with Crippen LogP contribution in [0.4, 0.5) is 13.2 Å². The van der Waals surface area contributed by atoms with E-state index in [9.17, 15) is 18.0 Å². The zero-order valence-corrected chi connectivity index (χ0v) is 9.24. The van der Waals surface area contributed by atoms with Crippen LogP contribution in [0.5, 0.6) is 5.75 Å². The number of benzene rings is 1. The van der Waals surface area contributed by atoms with Crippen LogP contribution in [0, 0.1) is 0 Å². The Kier molecular flexibility index (Phi) is 3.42. The lowest BCUT2D eigenvalue weighted by atomic mass is 10.2. The van der Waals surface area contributed by atoms with Gasteiger partial charge in [0.25, 0.3) is 5.91 Å². The van der Waals surface area contributed by atoms with Crippen LogP contribution >= 0.6 is 0 Å². The number of amides is 1. The van der Waals surface area contributed by atoms with Crippen molar-refractivity contribution < 1.29 is 27.5 Å². The topological polar surface area (TPSA) is 38.8 Å². The molecule has 1 fully saturated rings. The molecular formula is C11H10F3NO3. The lowest BCUT2D eigenvalue weighted by molar-refractivity contribution is -0.274. The van der Waals surface area contributed by atoms with Crippen LogP contribution in [-0.4, -0.2) is 30.5 Å². The number of carbonyl (C=O) groups is 1. The SMILES string of the molecule is O=C(c1ccc(OC(F)(F)F)cc1)N1CCCO1. The normalized spacial score (nSPS) is 15.8. The van der Waals surface area contributed by atoms with Gasteiger partial charge in [0.1, 0.15) is 5.75 Å². The molecule has 0 bridgehead atoms. The number of hydrogen-bond donors (Lipinski definition) is 0. The van der Waals surface area contributed by atoms with Crippen molar-refractivity contribution in [2.24, 2.45) is 0 Å². The lowest BCUT2D eigenvalue weighted by Gasteiger charge is -2.14. The van der Waals surface area contributed by atoms with Gasteiger partial charge in [0.05, 0.1) is 13.2 Å². The second-order valence-corrected chi connectivity index (χ2v) is 3.67. The third kappa shape index (κ3) is 3.13. The van der Waals surface area contributed by atoms with E-state index >= 15 is 0 Å². The fourth-order valence-electron chi connectivity index (χ4n) is 1.55. The van der Waals surface area contributed by atoms with Crippen molar-refractivity contribution >= 4 is 5.91 Å². The Morgan fingerprint density at radius 3 is 2.44 bits per heavy atom. The number of rotatable bonds is 2. The van der Waals surface area contributed by atoms with Gasteiger partial charge in [-0.3, -0.25) is 9.63 Å². The summed E-state index contributed by atoms with van der Waals surface area (Å²) in [5.74, 6) is -0.729. The molecule has 1 aromatic carbocycles. The van der Waals surface area contributed by atoms with Gasteiger partial charge in [-0.05, 0) is 30.7 Å². The molecule has 0 N–H and O–H groups in total. The van der Waals surface area contributed by atoms with Gasteiger partial charge in [0.2, 0.25) is 0 Å². The molecule has 1 heterocycles. The van der Waals surface area contributed by atoms with E-state index in [0.717, 1.165) is 18.6 Å². The average Bonchev–Trinajstić information content (AvgIpc) is 2.80. The van der Waals surface area contributed by atoms with Gasteiger partial charge in [-0.15, -0.1) is 13.2 Å². The number of halogens is 3. The number of alkyl halides is 3. The summed E-state index contributed by atoms with van der Waals surface area (Å²) in [4.78, 5) is 16.8. The fourth-order valence-corrected chi connectivity index (χ4v) is 1.55. The highest BCUT2D eigenvalue weighted by Crippen LogP contribution is 2.23. The first-order valence-corrected chi connectivity index (χ1v) is 5.26. The van der Waals surface area contributed by atoms with Crippen molar-refractivity contribution in [3.8, 4) is 5.75 Å². The molecule has 0 aliphatic carbocycles. The van der Waals surface area contributed by atoms with Crippen LogP contribution in [0.25, 0.3) is 0 Å². The molecule has 7 heteroatoms. The Hall–Kier alpha value is -1.76. The molecule has 0 radical (unpaired) electrons. The predicted molar refractivity (Wildman–Crippen MR) is 54.7 cm³/mol. The Labute approximate surface area is 101 Å². The van der Waals surface area contributed by atoms with Crippen molar-refractivity contribution in [2.75, 3.05) is 13.2 Å². The van der Waals surface area contributed by atoms with E-state index in [2.05, 4.69) is 4.74 Å². The summed E-state index contributed by atoms with van der Waals surface area (Å²) in [5, 5.41) is 1.19. The average molecular weight is 261 g/mol. The van der Waals surface area contributed by atoms with Gasteiger partial charge in [-0.1, -0.05) is 0 Å². The Morgan fingerprint density at radius 2 is 1.94 bits per heavy atom. The zero-order chi connectivity index (χ0) is 13.2. The Bertz CT molecular complexity index is 424. The molecule has 1 aromatic rings. The first-order valence-electron chi connectivity index (χ1n) is 5.26. The summed E-state index contributed by atoms with van der Waals surface area (Å²) in [7, 11) is 0. The molecule has 18 heavy (non-hydrogen) atoms. The molecule has 2 rings (SSSR count). The summed E-state index contributed by atoms with van der Waals surface area (Å²) in [6, 6.07) is 4.73. The maximum Gasteiger partial charge on any atom is 0.573 e. The van der Waals surface area contributed by atoms with E-state index < -0.39 is 6.36 Å². The van der Waals surface area contributed by atoms with Crippen molar-refractivity contribution in [2.45, 2.75) is 12.8 Å². The van der Waals surface area contributed by atoms with E-state index in [4.69, 9.17) is 4.84 Å². The van der Waals surface area contributed by atoms with Crippen molar-refractivity contribution in [1.29, 1.82) is 0 Å². The molecule has 0 unspecified atom stereocenters. The highest BCUT2D eigenvalue weighted by molar-refractivity contribution is 5.93. The van der Waals surface area contributed by atoms with Crippen LogP contribution in [0.2, 0.25) is 0 Å². The van der Waals surface area contributed by atoms with Crippen molar-refractivity contribution in [1.82, 2.24) is 5.06 Å². The van der Waals surface area contributed by atoms with Crippen LogP contribution in [0.3, 0.4) is 0 Å². The number of nitrogens with zero attached hydrogens (tertiary/aromatic N) is 1. The standard InChI is InChI=1S/C11H10F3NO3/c12-11(13,14)18-9-4-2-8(3-5-9)10(16)15-6-1-7-17-15/h2-5H,1,6-7H2. The monoisotopic (exact) mass is 261 g/mol. The fraction of sp³-hybridized carbons (Fsp3) is 0.364. The Balaban J connectivity index is 2.05. The number of hydroxylamine groups is 2. The van der Waals surface area contributed by atoms with Gasteiger partial charge >= 0.3 is 6.36 Å². The highest BCUT2D eigenvalue weighted by atomic mass is 19.4. The molecule has 1 aliphatic rings.